The van der Waals surface area contributed by atoms with E-state index in [9.17, 15) is 13.2 Å². The molecule has 29 heavy (non-hydrogen) atoms. The minimum absolute atomic E-state index is 0.0648. The van der Waals surface area contributed by atoms with Gasteiger partial charge in [0.2, 0.25) is 11.8 Å². The fraction of sp³-hybridized carbons (Fsp3) is 0.444. The number of piperidine rings is 1. The van der Waals surface area contributed by atoms with E-state index in [4.69, 9.17) is 4.74 Å². The summed E-state index contributed by atoms with van der Waals surface area (Å²) in [6.07, 6.45) is 2.83. The first-order chi connectivity index (χ1) is 13.9. The highest BCUT2D eigenvalue weighted by Crippen LogP contribution is 2.31. The van der Waals surface area contributed by atoms with Crippen LogP contribution in [-0.2, 0) is 6.18 Å². The number of rotatable bonds is 4. The Morgan fingerprint density at radius 1 is 1.21 bits per heavy atom. The normalized spacial score (nSPS) is 17.6. The maximum Gasteiger partial charge on any atom is 0.434 e. The first kappa shape index (κ1) is 19.2. The monoisotopic (exact) mass is 407 g/mol. The molecule has 0 aromatic carbocycles. The molecule has 0 bridgehead atoms. The Kier molecular flexibility index (Phi) is 4.89. The summed E-state index contributed by atoms with van der Waals surface area (Å²) >= 11 is 0. The molecule has 0 radical (unpaired) electrons. The minimum Gasteiger partial charge on any atom is -0.481 e. The van der Waals surface area contributed by atoms with Crippen LogP contribution in [-0.4, -0.2) is 57.6 Å². The van der Waals surface area contributed by atoms with Crippen LogP contribution in [0.5, 0.6) is 5.88 Å². The highest BCUT2D eigenvalue weighted by atomic mass is 19.4. The van der Waals surface area contributed by atoms with Crippen LogP contribution in [0.2, 0.25) is 0 Å². The van der Waals surface area contributed by atoms with Gasteiger partial charge in [-0.3, -0.25) is 0 Å². The van der Waals surface area contributed by atoms with Crippen molar-refractivity contribution in [1.82, 2.24) is 24.3 Å². The highest BCUT2D eigenvalue weighted by molar-refractivity contribution is 5.65. The Morgan fingerprint density at radius 2 is 2.03 bits per heavy atom. The second kappa shape index (κ2) is 7.37. The van der Waals surface area contributed by atoms with E-state index in [1.165, 1.54) is 16.8 Å². The van der Waals surface area contributed by atoms with Gasteiger partial charge in [0.25, 0.3) is 0 Å². The lowest BCUT2D eigenvalue weighted by Crippen LogP contribution is -2.47. The zero-order valence-electron chi connectivity index (χ0n) is 16.0. The summed E-state index contributed by atoms with van der Waals surface area (Å²) < 4.78 is 45.8. The number of likely N-dealkylation sites (N-methyl/N-ethyl adjacent to an activating group) is 1. The van der Waals surface area contributed by atoms with Crippen LogP contribution in [0.25, 0.3) is 5.65 Å². The summed E-state index contributed by atoms with van der Waals surface area (Å²) in [5.74, 6) is 1.44. The molecule has 8 nitrogen and oxygen atoms in total. The molecule has 1 fully saturated rings. The van der Waals surface area contributed by atoms with Crippen molar-refractivity contribution in [3.05, 3.63) is 36.5 Å². The van der Waals surface area contributed by atoms with Gasteiger partial charge in [0.1, 0.15) is 0 Å². The minimum atomic E-state index is -4.50. The summed E-state index contributed by atoms with van der Waals surface area (Å²) in [6.45, 7) is 1.25. The predicted molar refractivity (Wildman–Crippen MR) is 100 cm³/mol. The number of methoxy groups -OCH3 is 1. The molecule has 0 amide bonds. The van der Waals surface area contributed by atoms with Crippen molar-refractivity contribution in [2.24, 2.45) is 0 Å². The second-order valence-corrected chi connectivity index (χ2v) is 6.86. The number of nitrogens with zero attached hydrogens (tertiary/aromatic N) is 7. The molecule has 3 aromatic rings. The standard InChI is InChI=1S/C18H20F3N7O/c1-26(17-23-6-5-14(25-17)29-2)12-4-3-8-27(10-12)15-16-24-13(18(19,20)21)11-28(16)9-7-22-15/h5-7,9,11-12H,3-4,8,10H2,1-2H3. The van der Waals surface area contributed by atoms with Gasteiger partial charge in [-0.2, -0.15) is 18.2 Å². The lowest BCUT2D eigenvalue weighted by molar-refractivity contribution is -0.140. The SMILES string of the molecule is COc1ccnc(N(C)C2CCCN(c3nccn4cc(C(F)(F)F)nc34)C2)n1. The molecular formula is C18H20F3N7O. The first-order valence-corrected chi connectivity index (χ1v) is 9.12. The molecular weight excluding hydrogens is 387 g/mol. The van der Waals surface area contributed by atoms with E-state index in [0.717, 1.165) is 19.0 Å². The number of hydrogen-bond donors (Lipinski definition) is 0. The van der Waals surface area contributed by atoms with Crippen LogP contribution < -0.4 is 14.5 Å². The number of alkyl halides is 3. The quantitative estimate of drug-likeness (QED) is 0.658. The van der Waals surface area contributed by atoms with Gasteiger partial charge in [-0.25, -0.2) is 15.0 Å². The third kappa shape index (κ3) is 3.76. The van der Waals surface area contributed by atoms with Gasteiger partial charge >= 0.3 is 6.18 Å². The van der Waals surface area contributed by atoms with Crippen LogP contribution in [0.4, 0.5) is 24.9 Å². The van der Waals surface area contributed by atoms with Gasteiger partial charge in [-0.05, 0) is 12.8 Å². The smallest absolute Gasteiger partial charge is 0.434 e. The number of imidazole rings is 1. The molecule has 0 spiro atoms. The highest BCUT2D eigenvalue weighted by Gasteiger charge is 2.35. The van der Waals surface area contributed by atoms with E-state index in [-0.39, 0.29) is 11.7 Å². The van der Waals surface area contributed by atoms with Gasteiger partial charge in [0.15, 0.2) is 17.2 Å². The molecule has 11 heteroatoms. The van der Waals surface area contributed by atoms with Crippen molar-refractivity contribution in [1.29, 1.82) is 0 Å². The summed E-state index contributed by atoms with van der Waals surface area (Å²) in [4.78, 5) is 20.7. The molecule has 0 N–H and O–H groups in total. The summed E-state index contributed by atoms with van der Waals surface area (Å²) in [6, 6.07) is 1.74. The van der Waals surface area contributed by atoms with Gasteiger partial charge < -0.3 is 18.9 Å². The second-order valence-electron chi connectivity index (χ2n) is 6.86. The van der Waals surface area contributed by atoms with Crippen LogP contribution in [0.1, 0.15) is 18.5 Å². The summed E-state index contributed by atoms with van der Waals surface area (Å²) in [5.41, 5.74) is -0.733. The number of aromatic nitrogens is 5. The molecule has 1 saturated heterocycles. The molecule has 0 saturated carbocycles. The van der Waals surface area contributed by atoms with Crippen LogP contribution in [0, 0.1) is 0 Å². The molecule has 154 valence electrons. The number of hydrogen-bond acceptors (Lipinski definition) is 7. The maximum atomic E-state index is 13.1. The Balaban J connectivity index is 1.60. The zero-order valence-corrected chi connectivity index (χ0v) is 16.0. The van der Waals surface area contributed by atoms with Crippen molar-refractivity contribution >= 4 is 17.4 Å². The van der Waals surface area contributed by atoms with Gasteiger partial charge in [0, 0.05) is 57.0 Å². The Labute approximate surface area is 165 Å². The fourth-order valence-corrected chi connectivity index (χ4v) is 3.51. The fourth-order valence-electron chi connectivity index (χ4n) is 3.51. The van der Waals surface area contributed by atoms with Gasteiger partial charge in [-0.15, -0.1) is 0 Å². The molecule has 1 aliphatic rings. The lowest BCUT2D eigenvalue weighted by atomic mass is 10.0. The zero-order chi connectivity index (χ0) is 20.6. The van der Waals surface area contributed by atoms with Gasteiger partial charge in [0.05, 0.1) is 7.11 Å². The maximum absolute atomic E-state index is 13.1. The summed E-state index contributed by atoms with van der Waals surface area (Å²) in [5, 5.41) is 0. The molecule has 4 rings (SSSR count). The molecule has 0 aliphatic carbocycles. The number of fused-ring (bicyclic) bond motifs is 1. The van der Waals surface area contributed by atoms with E-state index in [0.29, 0.717) is 30.7 Å². The molecule has 1 atom stereocenters. The number of halogens is 3. The Hall–Kier alpha value is -3.11. The number of anilines is 2. The lowest BCUT2D eigenvalue weighted by Gasteiger charge is -2.38. The largest absolute Gasteiger partial charge is 0.481 e. The first-order valence-electron chi connectivity index (χ1n) is 9.12. The average molecular weight is 407 g/mol. The van der Waals surface area contributed by atoms with E-state index in [1.807, 2.05) is 16.8 Å². The molecule has 3 aromatic heterocycles. The van der Waals surface area contributed by atoms with E-state index in [2.05, 4.69) is 19.9 Å². The van der Waals surface area contributed by atoms with Gasteiger partial charge in [-0.1, -0.05) is 0 Å². The van der Waals surface area contributed by atoms with Crippen molar-refractivity contribution in [2.45, 2.75) is 25.1 Å². The summed E-state index contributed by atoms with van der Waals surface area (Å²) in [7, 11) is 3.44. The Bertz CT molecular complexity index is 1010. The third-order valence-corrected chi connectivity index (χ3v) is 5.03. The molecule has 1 aliphatic heterocycles. The van der Waals surface area contributed by atoms with Crippen LogP contribution >= 0.6 is 0 Å². The topological polar surface area (TPSA) is 71.7 Å². The van der Waals surface area contributed by atoms with Crippen molar-refractivity contribution in [3.8, 4) is 5.88 Å². The van der Waals surface area contributed by atoms with Crippen LogP contribution in [0.15, 0.2) is 30.9 Å². The van der Waals surface area contributed by atoms with E-state index >= 15 is 0 Å². The van der Waals surface area contributed by atoms with Crippen molar-refractivity contribution in [2.75, 3.05) is 37.0 Å². The van der Waals surface area contributed by atoms with E-state index < -0.39 is 11.9 Å². The molecule has 4 heterocycles. The van der Waals surface area contributed by atoms with Crippen molar-refractivity contribution in [3.63, 3.8) is 0 Å². The Morgan fingerprint density at radius 3 is 2.79 bits per heavy atom. The van der Waals surface area contributed by atoms with Crippen LogP contribution in [0.3, 0.4) is 0 Å². The average Bonchev–Trinajstić information content (AvgIpc) is 3.18. The van der Waals surface area contributed by atoms with E-state index in [1.54, 1.807) is 19.4 Å². The third-order valence-electron chi connectivity index (χ3n) is 5.03. The molecule has 1 unspecified atom stereocenters. The van der Waals surface area contributed by atoms with Crippen molar-refractivity contribution < 1.29 is 17.9 Å². The predicted octanol–water partition coefficient (Wildman–Crippen LogP) is 2.65. The number of ether oxygens (including phenoxy) is 1.